The number of rotatable bonds is 6. The quantitative estimate of drug-likeness (QED) is 0.622. The van der Waals surface area contributed by atoms with E-state index in [-0.39, 0.29) is 11.8 Å². The molecular weight excluding hydrogens is 404 g/mol. The Hall–Kier alpha value is -2.40. The number of alkyl halides is 1. The molecule has 3 rings (SSSR count). The molecule has 2 unspecified atom stereocenters. The van der Waals surface area contributed by atoms with Crippen molar-refractivity contribution in [1.82, 2.24) is 0 Å². The molecule has 6 heteroatoms. The summed E-state index contributed by atoms with van der Waals surface area (Å²) in [5.74, 6) is 0.776. The average molecular weight is 433 g/mol. The molecule has 0 aliphatic carbocycles. The number of hydrogen-bond donors (Lipinski definition) is 2. The number of aryl methyl sites for hydroxylation is 1. The first kappa shape index (κ1) is 22.3. The predicted octanol–water partition coefficient (Wildman–Crippen LogP) is 5.09. The molecule has 1 heterocycles. The van der Waals surface area contributed by atoms with Crippen molar-refractivity contribution in [3.8, 4) is 17.2 Å². The number of aliphatic carboxylic acids is 1. The Balaban J connectivity index is 1.66. The fourth-order valence-electron chi connectivity index (χ4n) is 3.57. The van der Waals surface area contributed by atoms with Gasteiger partial charge in [-0.25, -0.2) is 0 Å². The second-order valence-electron chi connectivity index (χ2n) is 9.22. The maximum absolute atomic E-state index is 10.9. The molecule has 0 saturated heterocycles. The minimum absolute atomic E-state index is 0.183. The number of carboxylic acids is 1. The highest BCUT2D eigenvalue weighted by Crippen LogP contribution is 2.41. The van der Waals surface area contributed by atoms with Crippen molar-refractivity contribution in [3.63, 3.8) is 0 Å². The van der Waals surface area contributed by atoms with Gasteiger partial charge in [0.2, 0.25) is 0 Å². The van der Waals surface area contributed by atoms with Gasteiger partial charge < -0.3 is 19.7 Å². The van der Waals surface area contributed by atoms with Crippen molar-refractivity contribution in [2.75, 3.05) is 6.61 Å². The summed E-state index contributed by atoms with van der Waals surface area (Å²) in [6.07, 6.45) is 1.84. The van der Waals surface area contributed by atoms with E-state index in [4.69, 9.17) is 26.2 Å². The second kappa shape index (κ2) is 8.38. The summed E-state index contributed by atoms with van der Waals surface area (Å²) in [6.45, 7) is 8.59. The van der Waals surface area contributed by atoms with Crippen LogP contribution in [0, 0.1) is 0 Å². The zero-order chi connectivity index (χ0) is 22.1. The first-order chi connectivity index (χ1) is 14.0. The maximum Gasteiger partial charge on any atom is 0.321 e. The Morgan fingerprint density at radius 2 is 1.93 bits per heavy atom. The van der Waals surface area contributed by atoms with Gasteiger partial charge in [0.25, 0.3) is 0 Å². The first-order valence-electron chi connectivity index (χ1n) is 10.1. The van der Waals surface area contributed by atoms with E-state index < -0.39 is 16.9 Å². The van der Waals surface area contributed by atoms with Crippen LogP contribution in [-0.2, 0) is 23.1 Å². The lowest BCUT2D eigenvalue weighted by atomic mass is 9.84. The first-order valence-corrected chi connectivity index (χ1v) is 10.5. The van der Waals surface area contributed by atoms with Gasteiger partial charge >= 0.3 is 5.97 Å². The normalized spacial score (nSPS) is 19.5. The van der Waals surface area contributed by atoms with Crippen LogP contribution in [0.2, 0.25) is 0 Å². The molecule has 2 N–H and O–H groups in total. The summed E-state index contributed by atoms with van der Waals surface area (Å²) in [4.78, 5) is 10.9. The fraction of sp³-hybridized carbons (Fsp3) is 0.458. The van der Waals surface area contributed by atoms with Gasteiger partial charge in [-0.1, -0.05) is 32.9 Å². The van der Waals surface area contributed by atoms with Crippen molar-refractivity contribution in [1.29, 1.82) is 0 Å². The summed E-state index contributed by atoms with van der Waals surface area (Å²) in [5.41, 5.74) is 2.05. The van der Waals surface area contributed by atoms with Crippen molar-refractivity contribution >= 4 is 17.6 Å². The van der Waals surface area contributed by atoms with E-state index in [2.05, 4.69) is 20.8 Å². The topological polar surface area (TPSA) is 76.0 Å². The molecule has 0 bridgehead atoms. The number of phenols is 1. The van der Waals surface area contributed by atoms with Gasteiger partial charge in [-0.05, 0) is 67.0 Å². The fourth-order valence-corrected chi connectivity index (χ4v) is 3.75. The number of carbonyl (C=O) groups is 1. The summed E-state index contributed by atoms with van der Waals surface area (Å²) < 4.78 is 12.3. The molecule has 0 aromatic heterocycles. The number of ether oxygens (including phenoxy) is 2. The van der Waals surface area contributed by atoms with E-state index in [9.17, 15) is 9.90 Å². The van der Waals surface area contributed by atoms with Crippen LogP contribution in [0.5, 0.6) is 17.2 Å². The smallest absolute Gasteiger partial charge is 0.321 e. The molecule has 162 valence electrons. The molecule has 0 fully saturated rings. The van der Waals surface area contributed by atoms with Crippen LogP contribution in [0.1, 0.15) is 50.8 Å². The Morgan fingerprint density at radius 1 is 1.27 bits per heavy atom. The van der Waals surface area contributed by atoms with Gasteiger partial charge in [0.1, 0.15) is 34.8 Å². The van der Waals surface area contributed by atoms with Crippen molar-refractivity contribution in [2.45, 2.75) is 63.4 Å². The van der Waals surface area contributed by atoms with Gasteiger partial charge in [-0.3, -0.25) is 4.79 Å². The number of aromatic hydroxyl groups is 1. The molecule has 2 aromatic rings. The Labute approximate surface area is 182 Å². The lowest BCUT2D eigenvalue weighted by molar-refractivity contribution is -0.136. The number of fused-ring (bicyclic) bond motifs is 1. The minimum atomic E-state index is -1.03. The number of phenolic OH excluding ortho intramolecular Hbond substituents is 1. The molecule has 0 radical (unpaired) electrons. The van der Waals surface area contributed by atoms with Crippen LogP contribution in [0.15, 0.2) is 36.4 Å². The standard InChI is InChI=1S/C24H29ClO5/c1-23(2,3)18-13-21-16(12-20(18)26)9-10-24(4,30-21)14-29-17-7-5-15(6-8-17)11-19(25)22(27)28/h5-8,12-13,19,26H,9-11,14H2,1-4H3,(H,27,28). The van der Waals surface area contributed by atoms with Crippen LogP contribution >= 0.6 is 11.6 Å². The monoisotopic (exact) mass is 432 g/mol. The van der Waals surface area contributed by atoms with Gasteiger partial charge in [0, 0.05) is 5.56 Å². The zero-order valence-electron chi connectivity index (χ0n) is 17.9. The number of halogens is 1. The van der Waals surface area contributed by atoms with Crippen LogP contribution in [0.25, 0.3) is 0 Å². The predicted molar refractivity (Wildman–Crippen MR) is 117 cm³/mol. The third kappa shape index (κ3) is 5.20. The number of carboxylic acid groups (broad SMARTS) is 1. The lowest BCUT2D eigenvalue weighted by Crippen LogP contribution is -2.42. The van der Waals surface area contributed by atoms with Crippen molar-refractivity contribution in [3.05, 3.63) is 53.1 Å². The summed E-state index contributed by atoms with van der Waals surface area (Å²) in [6, 6.07) is 11.0. The van der Waals surface area contributed by atoms with Gasteiger partial charge in [-0.15, -0.1) is 11.6 Å². The van der Waals surface area contributed by atoms with E-state index >= 15 is 0 Å². The van der Waals surface area contributed by atoms with E-state index in [1.54, 1.807) is 0 Å². The van der Waals surface area contributed by atoms with Crippen molar-refractivity contribution in [2.24, 2.45) is 0 Å². The van der Waals surface area contributed by atoms with Gasteiger partial charge in [0.15, 0.2) is 0 Å². The summed E-state index contributed by atoms with van der Waals surface area (Å²) in [5, 5.41) is 18.3. The van der Waals surface area contributed by atoms with Crippen LogP contribution in [-0.4, -0.2) is 33.8 Å². The van der Waals surface area contributed by atoms with Gasteiger partial charge in [0.05, 0.1) is 0 Å². The molecule has 0 saturated carbocycles. The zero-order valence-corrected chi connectivity index (χ0v) is 18.6. The van der Waals surface area contributed by atoms with Crippen LogP contribution in [0.4, 0.5) is 0 Å². The van der Waals surface area contributed by atoms with Gasteiger partial charge in [-0.2, -0.15) is 0 Å². The van der Waals surface area contributed by atoms with Crippen LogP contribution in [0.3, 0.4) is 0 Å². The molecule has 0 spiro atoms. The van der Waals surface area contributed by atoms with E-state index in [1.807, 2.05) is 43.3 Å². The average Bonchev–Trinajstić information content (AvgIpc) is 2.66. The number of benzene rings is 2. The molecule has 5 nitrogen and oxygen atoms in total. The minimum Gasteiger partial charge on any atom is -0.508 e. The third-order valence-corrected chi connectivity index (χ3v) is 5.76. The SMILES string of the molecule is CC1(COc2ccc(CC(Cl)C(=O)O)cc2)CCc2cc(O)c(C(C)(C)C)cc2O1. The van der Waals surface area contributed by atoms with E-state index in [0.29, 0.717) is 18.1 Å². The second-order valence-corrected chi connectivity index (χ2v) is 9.75. The molecule has 30 heavy (non-hydrogen) atoms. The third-order valence-electron chi connectivity index (χ3n) is 5.42. The highest BCUT2D eigenvalue weighted by atomic mass is 35.5. The van der Waals surface area contributed by atoms with E-state index in [1.165, 1.54) is 0 Å². The lowest BCUT2D eigenvalue weighted by Gasteiger charge is -2.36. The molecule has 1 aliphatic heterocycles. The molecule has 2 atom stereocenters. The van der Waals surface area contributed by atoms with E-state index in [0.717, 1.165) is 35.3 Å². The Bertz CT molecular complexity index is 916. The highest BCUT2D eigenvalue weighted by Gasteiger charge is 2.34. The molecular formula is C24H29ClO5. The Kier molecular flexibility index (Phi) is 6.23. The van der Waals surface area contributed by atoms with Crippen molar-refractivity contribution < 1.29 is 24.5 Å². The molecule has 2 aromatic carbocycles. The number of hydrogen-bond acceptors (Lipinski definition) is 4. The maximum atomic E-state index is 10.9. The highest BCUT2D eigenvalue weighted by molar-refractivity contribution is 6.29. The summed E-state index contributed by atoms with van der Waals surface area (Å²) >= 11 is 5.80. The largest absolute Gasteiger partial charge is 0.508 e. The Morgan fingerprint density at radius 3 is 2.53 bits per heavy atom. The van der Waals surface area contributed by atoms with Crippen LogP contribution < -0.4 is 9.47 Å². The summed E-state index contributed by atoms with van der Waals surface area (Å²) in [7, 11) is 0. The molecule has 0 amide bonds. The molecule has 1 aliphatic rings.